The molecule has 26 heavy (non-hydrogen) atoms. The van der Waals surface area contributed by atoms with Crippen LogP contribution in [0.1, 0.15) is 16.8 Å². The van der Waals surface area contributed by atoms with Gasteiger partial charge in [-0.25, -0.2) is 13.1 Å². The van der Waals surface area contributed by atoms with Gasteiger partial charge in [0.1, 0.15) is 0 Å². The minimum atomic E-state index is -3.65. The first-order valence-corrected chi connectivity index (χ1v) is 9.79. The monoisotopic (exact) mass is 369 g/mol. The molecule has 1 amide bonds. The van der Waals surface area contributed by atoms with Gasteiger partial charge in [-0.15, -0.1) is 0 Å². The van der Waals surface area contributed by atoms with Gasteiger partial charge in [-0.05, 0) is 59.8 Å². The molecule has 6 nitrogen and oxygen atoms in total. The summed E-state index contributed by atoms with van der Waals surface area (Å²) in [5.74, 6) is -0.0300. The van der Waals surface area contributed by atoms with Gasteiger partial charge in [-0.2, -0.15) is 0 Å². The van der Waals surface area contributed by atoms with Crippen molar-refractivity contribution < 1.29 is 13.2 Å². The Morgan fingerprint density at radius 3 is 2.77 bits per heavy atom. The zero-order valence-electron chi connectivity index (χ0n) is 14.5. The molecule has 7 heteroatoms. The van der Waals surface area contributed by atoms with Crippen molar-refractivity contribution in [3.8, 4) is 0 Å². The predicted molar refractivity (Wildman–Crippen MR) is 101 cm³/mol. The molecule has 0 unspecified atom stereocenters. The van der Waals surface area contributed by atoms with Crippen LogP contribution in [0.4, 0.5) is 5.69 Å². The number of rotatable bonds is 4. The molecule has 2 N–H and O–H groups in total. The molecule has 0 bridgehead atoms. The van der Waals surface area contributed by atoms with Crippen molar-refractivity contribution in [2.24, 2.45) is 0 Å². The van der Waals surface area contributed by atoms with E-state index in [4.69, 9.17) is 0 Å². The smallest absolute Gasteiger partial charge is 0.240 e. The summed E-state index contributed by atoms with van der Waals surface area (Å²) in [6.07, 6.45) is 0.235. The predicted octanol–water partition coefficient (Wildman–Crippen LogP) is 2.47. The van der Waals surface area contributed by atoms with E-state index in [-0.39, 0.29) is 23.8 Å². The first kappa shape index (κ1) is 16.8. The summed E-state index contributed by atoms with van der Waals surface area (Å²) >= 11 is 0. The lowest BCUT2D eigenvalue weighted by molar-refractivity contribution is -0.117. The fourth-order valence-electron chi connectivity index (χ4n) is 3.31. The molecule has 2 aromatic carbocycles. The maximum atomic E-state index is 12.6. The number of likely N-dealkylation sites (N-methyl/N-ethyl adjacent to an activating group) is 1. The standard InChI is InChI=1S/C19H19N3O3S/c1-12-7-14-8-13(3-5-17(14)21-12)11-20-26(24,25)16-4-6-18-15(9-16)10-19(23)22(18)2/h3-9,20-21H,10-11H2,1-2H3. The number of hydrogen-bond acceptors (Lipinski definition) is 3. The summed E-state index contributed by atoms with van der Waals surface area (Å²) in [4.78, 5) is 16.7. The molecule has 0 radical (unpaired) electrons. The summed E-state index contributed by atoms with van der Waals surface area (Å²) in [6.45, 7) is 2.19. The van der Waals surface area contributed by atoms with Crippen molar-refractivity contribution in [3.63, 3.8) is 0 Å². The van der Waals surface area contributed by atoms with Gasteiger partial charge in [0.05, 0.1) is 11.3 Å². The Balaban J connectivity index is 1.55. The SMILES string of the molecule is Cc1cc2cc(CNS(=O)(=O)c3ccc4c(c3)CC(=O)N4C)ccc2[nH]1. The molecule has 4 rings (SSSR count). The number of benzene rings is 2. The number of H-pyrrole nitrogens is 1. The van der Waals surface area contributed by atoms with Crippen LogP contribution in [0.15, 0.2) is 47.4 Å². The second kappa shape index (κ2) is 5.96. The van der Waals surface area contributed by atoms with Crippen LogP contribution in [-0.4, -0.2) is 26.4 Å². The molecular formula is C19H19N3O3S. The first-order valence-electron chi connectivity index (χ1n) is 8.31. The van der Waals surface area contributed by atoms with Crippen molar-refractivity contribution in [3.05, 3.63) is 59.3 Å². The number of amides is 1. The highest BCUT2D eigenvalue weighted by atomic mass is 32.2. The van der Waals surface area contributed by atoms with Crippen LogP contribution in [-0.2, 0) is 27.8 Å². The third-order valence-electron chi connectivity index (χ3n) is 4.72. The summed E-state index contributed by atoms with van der Waals surface area (Å²) in [5, 5.41) is 1.05. The van der Waals surface area contributed by atoms with Crippen molar-refractivity contribution >= 4 is 32.5 Å². The van der Waals surface area contributed by atoms with E-state index in [2.05, 4.69) is 9.71 Å². The lowest BCUT2D eigenvalue weighted by Gasteiger charge is -2.11. The molecule has 0 saturated carbocycles. The summed E-state index contributed by atoms with van der Waals surface area (Å²) in [5.41, 5.74) is 4.49. The topological polar surface area (TPSA) is 82.3 Å². The number of carbonyl (C=O) groups is 1. The van der Waals surface area contributed by atoms with E-state index in [0.717, 1.165) is 33.4 Å². The quantitative estimate of drug-likeness (QED) is 0.741. The van der Waals surface area contributed by atoms with Crippen molar-refractivity contribution in [1.29, 1.82) is 0 Å². The third-order valence-corrected chi connectivity index (χ3v) is 6.12. The molecule has 134 valence electrons. The highest BCUT2D eigenvalue weighted by Crippen LogP contribution is 2.29. The van der Waals surface area contributed by atoms with Gasteiger partial charge in [-0.3, -0.25) is 4.79 Å². The van der Waals surface area contributed by atoms with E-state index in [1.165, 1.54) is 6.07 Å². The second-order valence-corrected chi connectivity index (χ2v) is 8.39. The van der Waals surface area contributed by atoms with Crippen LogP contribution in [0.5, 0.6) is 0 Å². The Labute approximate surface area is 151 Å². The zero-order valence-corrected chi connectivity index (χ0v) is 15.4. The summed E-state index contributed by atoms with van der Waals surface area (Å²) < 4.78 is 27.9. The van der Waals surface area contributed by atoms with Crippen LogP contribution >= 0.6 is 0 Å². The lowest BCUT2D eigenvalue weighted by Crippen LogP contribution is -2.23. The summed E-state index contributed by atoms with van der Waals surface area (Å²) in [7, 11) is -1.96. The number of aryl methyl sites for hydroxylation is 1. The van der Waals surface area contributed by atoms with E-state index in [1.54, 1.807) is 24.1 Å². The number of aromatic nitrogens is 1. The zero-order chi connectivity index (χ0) is 18.5. The van der Waals surface area contributed by atoms with Gasteiger partial charge in [0, 0.05) is 30.5 Å². The average molecular weight is 369 g/mol. The largest absolute Gasteiger partial charge is 0.359 e. The van der Waals surface area contributed by atoms with E-state index >= 15 is 0 Å². The van der Waals surface area contributed by atoms with Crippen LogP contribution in [0.2, 0.25) is 0 Å². The fourth-order valence-corrected chi connectivity index (χ4v) is 4.38. The van der Waals surface area contributed by atoms with Crippen molar-refractivity contribution in [1.82, 2.24) is 9.71 Å². The van der Waals surface area contributed by atoms with Crippen molar-refractivity contribution in [2.45, 2.75) is 24.8 Å². The molecule has 0 spiro atoms. The molecule has 0 saturated heterocycles. The van der Waals surface area contributed by atoms with Crippen LogP contribution in [0, 0.1) is 6.92 Å². The normalized spacial score (nSPS) is 14.2. The molecule has 3 aromatic rings. The Kier molecular flexibility index (Phi) is 3.86. The molecule has 1 aliphatic rings. The first-order chi connectivity index (χ1) is 12.3. The average Bonchev–Trinajstić information content (AvgIpc) is 3.11. The highest BCUT2D eigenvalue weighted by Gasteiger charge is 2.26. The number of aromatic amines is 1. The summed E-state index contributed by atoms with van der Waals surface area (Å²) in [6, 6.07) is 12.6. The number of sulfonamides is 1. The van der Waals surface area contributed by atoms with Crippen molar-refractivity contribution in [2.75, 3.05) is 11.9 Å². The minimum absolute atomic E-state index is 0.0300. The van der Waals surface area contributed by atoms with E-state index in [1.807, 2.05) is 31.2 Å². The lowest BCUT2D eigenvalue weighted by atomic mass is 10.1. The number of nitrogens with zero attached hydrogens (tertiary/aromatic N) is 1. The molecule has 2 heterocycles. The molecule has 0 aliphatic carbocycles. The molecule has 1 aromatic heterocycles. The maximum absolute atomic E-state index is 12.6. The van der Waals surface area contributed by atoms with Crippen LogP contribution < -0.4 is 9.62 Å². The number of anilines is 1. The van der Waals surface area contributed by atoms with E-state index in [9.17, 15) is 13.2 Å². The third kappa shape index (κ3) is 2.89. The fraction of sp³-hybridized carbons (Fsp3) is 0.211. The van der Waals surface area contributed by atoms with Gasteiger partial charge in [-0.1, -0.05) is 6.07 Å². The van der Waals surface area contributed by atoms with Gasteiger partial charge >= 0.3 is 0 Å². The van der Waals surface area contributed by atoms with Gasteiger partial charge in [0.25, 0.3) is 0 Å². The van der Waals surface area contributed by atoms with E-state index in [0.29, 0.717) is 0 Å². The van der Waals surface area contributed by atoms with Gasteiger partial charge < -0.3 is 9.88 Å². The minimum Gasteiger partial charge on any atom is -0.359 e. The second-order valence-electron chi connectivity index (χ2n) is 6.62. The number of fused-ring (bicyclic) bond motifs is 2. The Bertz CT molecular complexity index is 1130. The Morgan fingerprint density at radius 1 is 1.15 bits per heavy atom. The number of carbonyl (C=O) groups excluding carboxylic acids is 1. The van der Waals surface area contributed by atoms with Crippen LogP contribution in [0.3, 0.4) is 0 Å². The maximum Gasteiger partial charge on any atom is 0.240 e. The Morgan fingerprint density at radius 2 is 1.96 bits per heavy atom. The van der Waals surface area contributed by atoms with Crippen LogP contribution in [0.25, 0.3) is 10.9 Å². The number of hydrogen-bond donors (Lipinski definition) is 2. The molecular weight excluding hydrogens is 350 g/mol. The molecule has 0 fully saturated rings. The highest BCUT2D eigenvalue weighted by molar-refractivity contribution is 7.89. The van der Waals surface area contributed by atoms with E-state index < -0.39 is 10.0 Å². The number of nitrogens with one attached hydrogen (secondary N) is 2. The Hall–Kier alpha value is -2.64. The van der Waals surface area contributed by atoms with Gasteiger partial charge in [0.15, 0.2) is 0 Å². The van der Waals surface area contributed by atoms with Gasteiger partial charge in [0.2, 0.25) is 15.9 Å². The molecule has 1 aliphatic heterocycles. The molecule has 0 atom stereocenters.